The number of aliphatic hydroxyl groups excluding tert-OH is 1. The van der Waals surface area contributed by atoms with E-state index in [4.69, 9.17) is 0 Å². The number of aliphatic hydroxyl groups is 1. The molecule has 0 heterocycles. The average Bonchev–Trinajstić information content (AvgIpc) is 2.41. The van der Waals surface area contributed by atoms with Crippen molar-refractivity contribution in [3.63, 3.8) is 0 Å². The van der Waals surface area contributed by atoms with E-state index in [9.17, 15) is 9.50 Å². The minimum absolute atomic E-state index is 0.218. The first kappa shape index (κ1) is 15.5. The molecular weight excluding hydrogens is 253 g/mol. The molecule has 0 amide bonds. The first-order valence-corrected chi connectivity index (χ1v) is 7.54. The van der Waals surface area contributed by atoms with Crippen LogP contribution in [0.4, 0.5) is 4.39 Å². The third-order valence-corrected chi connectivity index (χ3v) is 4.89. The fourth-order valence-electron chi connectivity index (χ4n) is 3.63. The summed E-state index contributed by atoms with van der Waals surface area (Å²) in [5.41, 5.74) is 0.388. The van der Waals surface area contributed by atoms with E-state index in [-0.39, 0.29) is 11.4 Å². The molecule has 1 aromatic carbocycles. The van der Waals surface area contributed by atoms with Crippen LogP contribution in [-0.4, -0.2) is 35.7 Å². The molecule has 0 aliphatic heterocycles. The van der Waals surface area contributed by atoms with Gasteiger partial charge in [-0.25, -0.2) is 4.39 Å². The molecule has 20 heavy (non-hydrogen) atoms. The highest BCUT2D eigenvalue weighted by Crippen LogP contribution is 2.39. The van der Waals surface area contributed by atoms with Crippen molar-refractivity contribution in [2.45, 2.75) is 50.7 Å². The zero-order chi connectivity index (χ0) is 14.8. The van der Waals surface area contributed by atoms with Gasteiger partial charge in [0, 0.05) is 12.0 Å². The lowest BCUT2D eigenvalue weighted by atomic mass is 9.71. The molecule has 1 aliphatic carbocycles. The standard InChI is InChI=1S/C17H26FNO/c1-13-7-6-10-17(12-13,19(2)3)16(20)11-14-8-4-5-9-15(14)18/h4-5,8-9,13,16,20H,6-7,10-12H2,1-3H3. The monoisotopic (exact) mass is 279 g/mol. The molecule has 1 fully saturated rings. The number of rotatable bonds is 4. The summed E-state index contributed by atoms with van der Waals surface area (Å²) in [7, 11) is 4.06. The zero-order valence-electron chi connectivity index (χ0n) is 12.8. The van der Waals surface area contributed by atoms with Crippen molar-refractivity contribution in [2.75, 3.05) is 14.1 Å². The van der Waals surface area contributed by atoms with Crippen molar-refractivity contribution >= 4 is 0 Å². The van der Waals surface area contributed by atoms with Gasteiger partial charge in [-0.15, -0.1) is 0 Å². The summed E-state index contributed by atoms with van der Waals surface area (Å²) < 4.78 is 13.8. The van der Waals surface area contributed by atoms with Gasteiger partial charge in [0.25, 0.3) is 0 Å². The van der Waals surface area contributed by atoms with Crippen molar-refractivity contribution in [1.82, 2.24) is 4.90 Å². The van der Waals surface area contributed by atoms with Crippen LogP contribution in [0.5, 0.6) is 0 Å². The number of benzene rings is 1. The fraction of sp³-hybridized carbons (Fsp3) is 0.647. The Bertz CT molecular complexity index is 448. The second-order valence-corrected chi connectivity index (χ2v) is 6.51. The van der Waals surface area contributed by atoms with E-state index in [1.807, 2.05) is 20.2 Å². The number of hydrogen-bond donors (Lipinski definition) is 1. The van der Waals surface area contributed by atoms with E-state index in [0.717, 1.165) is 19.3 Å². The van der Waals surface area contributed by atoms with E-state index in [1.54, 1.807) is 12.1 Å². The zero-order valence-corrected chi connectivity index (χ0v) is 12.8. The van der Waals surface area contributed by atoms with Crippen molar-refractivity contribution in [3.05, 3.63) is 35.6 Å². The first-order chi connectivity index (χ1) is 9.45. The molecule has 0 aromatic heterocycles. The van der Waals surface area contributed by atoms with Gasteiger partial charge >= 0.3 is 0 Å². The molecule has 1 saturated carbocycles. The third-order valence-electron chi connectivity index (χ3n) is 4.89. The van der Waals surface area contributed by atoms with E-state index in [0.29, 0.717) is 17.9 Å². The highest BCUT2D eigenvalue weighted by Gasteiger charge is 2.43. The second-order valence-electron chi connectivity index (χ2n) is 6.51. The second kappa shape index (κ2) is 6.23. The van der Waals surface area contributed by atoms with Gasteiger partial charge in [0.05, 0.1) is 6.10 Å². The van der Waals surface area contributed by atoms with Gasteiger partial charge in [-0.1, -0.05) is 38.0 Å². The van der Waals surface area contributed by atoms with Gasteiger partial charge < -0.3 is 10.0 Å². The number of nitrogens with zero attached hydrogens (tertiary/aromatic N) is 1. The van der Waals surface area contributed by atoms with E-state index < -0.39 is 6.10 Å². The molecule has 0 radical (unpaired) electrons. The van der Waals surface area contributed by atoms with Gasteiger partial charge in [0.15, 0.2) is 0 Å². The van der Waals surface area contributed by atoms with E-state index >= 15 is 0 Å². The molecule has 0 saturated heterocycles. The molecule has 0 spiro atoms. The highest BCUT2D eigenvalue weighted by atomic mass is 19.1. The maximum Gasteiger partial charge on any atom is 0.126 e. The van der Waals surface area contributed by atoms with Crippen LogP contribution in [-0.2, 0) is 6.42 Å². The summed E-state index contributed by atoms with van der Waals surface area (Å²) in [5, 5.41) is 10.8. The van der Waals surface area contributed by atoms with Gasteiger partial charge in [-0.05, 0) is 44.5 Å². The molecule has 112 valence electrons. The summed E-state index contributed by atoms with van der Waals surface area (Å²) in [4.78, 5) is 2.15. The van der Waals surface area contributed by atoms with Gasteiger partial charge in [-0.2, -0.15) is 0 Å². The van der Waals surface area contributed by atoms with Crippen LogP contribution in [0.3, 0.4) is 0 Å². The fourth-order valence-corrected chi connectivity index (χ4v) is 3.63. The topological polar surface area (TPSA) is 23.5 Å². The lowest BCUT2D eigenvalue weighted by Crippen LogP contribution is -2.56. The molecule has 1 N–H and O–H groups in total. The Morgan fingerprint density at radius 3 is 2.70 bits per heavy atom. The molecule has 3 atom stereocenters. The Morgan fingerprint density at radius 1 is 1.40 bits per heavy atom. The normalized spacial score (nSPS) is 28.6. The Balaban J connectivity index is 2.19. The predicted octanol–water partition coefficient (Wildman–Crippen LogP) is 3.24. The molecule has 3 heteroatoms. The Kier molecular flexibility index (Phi) is 4.82. The smallest absolute Gasteiger partial charge is 0.126 e. The molecule has 0 bridgehead atoms. The minimum atomic E-state index is -0.530. The Labute approximate surface area is 121 Å². The van der Waals surface area contributed by atoms with Crippen molar-refractivity contribution in [2.24, 2.45) is 5.92 Å². The molecular formula is C17H26FNO. The average molecular weight is 279 g/mol. The van der Waals surface area contributed by atoms with E-state index in [2.05, 4.69) is 11.8 Å². The van der Waals surface area contributed by atoms with Crippen LogP contribution in [0.25, 0.3) is 0 Å². The van der Waals surface area contributed by atoms with Crippen LogP contribution in [0, 0.1) is 11.7 Å². The molecule has 1 aliphatic rings. The van der Waals surface area contributed by atoms with Crippen molar-refractivity contribution < 1.29 is 9.50 Å². The number of likely N-dealkylation sites (N-methyl/N-ethyl adjacent to an activating group) is 1. The first-order valence-electron chi connectivity index (χ1n) is 7.54. The minimum Gasteiger partial charge on any atom is -0.391 e. The quantitative estimate of drug-likeness (QED) is 0.914. The number of halogens is 1. The molecule has 3 unspecified atom stereocenters. The van der Waals surface area contributed by atoms with Crippen molar-refractivity contribution in [3.8, 4) is 0 Å². The molecule has 2 nitrogen and oxygen atoms in total. The highest BCUT2D eigenvalue weighted by molar-refractivity contribution is 5.19. The van der Waals surface area contributed by atoms with E-state index in [1.165, 1.54) is 12.5 Å². The lowest BCUT2D eigenvalue weighted by molar-refractivity contribution is -0.0427. The van der Waals surface area contributed by atoms with Crippen LogP contribution in [0.2, 0.25) is 0 Å². The van der Waals surface area contributed by atoms with Crippen LogP contribution < -0.4 is 0 Å². The lowest BCUT2D eigenvalue weighted by Gasteiger charge is -2.48. The molecule has 1 aromatic rings. The molecule has 2 rings (SSSR count). The van der Waals surface area contributed by atoms with Gasteiger partial charge in [-0.3, -0.25) is 0 Å². The summed E-state index contributed by atoms with van der Waals surface area (Å²) in [6.07, 6.45) is 4.18. The summed E-state index contributed by atoms with van der Waals surface area (Å²) >= 11 is 0. The predicted molar refractivity (Wildman–Crippen MR) is 80.2 cm³/mol. The van der Waals surface area contributed by atoms with Gasteiger partial charge in [0.1, 0.15) is 5.82 Å². The largest absolute Gasteiger partial charge is 0.391 e. The SMILES string of the molecule is CC1CCCC(C(O)Cc2ccccc2F)(N(C)C)C1. The maximum atomic E-state index is 13.8. The Hall–Kier alpha value is -0.930. The Morgan fingerprint density at radius 2 is 2.10 bits per heavy atom. The third kappa shape index (κ3) is 3.04. The van der Waals surface area contributed by atoms with Crippen molar-refractivity contribution in [1.29, 1.82) is 0 Å². The summed E-state index contributed by atoms with van der Waals surface area (Å²) in [6.45, 7) is 2.24. The summed E-state index contributed by atoms with van der Waals surface area (Å²) in [6, 6.07) is 6.76. The number of hydrogen-bond acceptors (Lipinski definition) is 2. The maximum absolute atomic E-state index is 13.8. The van der Waals surface area contributed by atoms with Gasteiger partial charge in [0.2, 0.25) is 0 Å². The van der Waals surface area contributed by atoms with Crippen LogP contribution >= 0.6 is 0 Å². The van der Waals surface area contributed by atoms with Crippen LogP contribution in [0.15, 0.2) is 24.3 Å². The summed E-state index contributed by atoms with van der Waals surface area (Å²) in [5.74, 6) is 0.394. The van der Waals surface area contributed by atoms with Crippen LogP contribution in [0.1, 0.15) is 38.2 Å².